The summed E-state index contributed by atoms with van der Waals surface area (Å²) in [6, 6.07) is 3.45. The van der Waals surface area contributed by atoms with Gasteiger partial charge in [0.1, 0.15) is 6.33 Å². The number of carboxylic acid groups (broad SMARTS) is 1. The Morgan fingerprint density at radius 2 is 2.46 bits per heavy atom. The summed E-state index contributed by atoms with van der Waals surface area (Å²) in [6.45, 7) is 0. The molecule has 0 spiro atoms. The molecule has 2 heterocycles. The molecule has 0 amide bonds. The van der Waals surface area contributed by atoms with Crippen LogP contribution >= 0.6 is 0 Å². The molecule has 5 heteroatoms. The highest BCUT2D eigenvalue weighted by atomic mass is 16.4. The quantitative estimate of drug-likeness (QED) is 0.719. The van der Waals surface area contributed by atoms with Crippen LogP contribution in [0.25, 0.3) is 5.65 Å². The lowest BCUT2D eigenvalue weighted by atomic mass is 10.2. The Morgan fingerprint density at radius 3 is 3.23 bits per heavy atom. The highest BCUT2D eigenvalue weighted by Gasteiger charge is 2.01. The van der Waals surface area contributed by atoms with E-state index < -0.39 is 5.97 Å². The van der Waals surface area contributed by atoms with Crippen molar-refractivity contribution in [2.75, 3.05) is 0 Å². The number of pyridine rings is 1. The molecule has 5 nitrogen and oxygen atoms in total. The topological polar surface area (TPSA) is 67.5 Å². The van der Waals surface area contributed by atoms with Crippen molar-refractivity contribution in [2.45, 2.75) is 6.42 Å². The van der Waals surface area contributed by atoms with Crippen molar-refractivity contribution in [3.63, 3.8) is 0 Å². The van der Waals surface area contributed by atoms with E-state index in [0.717, 1.165) is 5.56 Å². The van der Waals surface area contributed by atoms with Crippen LogP contribution in [0.5, 0.6) is 0 Å². The Labute approximate surface area is 73.6 Å². The second-order valence-corrected chi connectivity index (χ2v) is 2.70. The second-order valence-electron chi connectivity index (χ2n) is 2.70. The van der Waals surface area contributed by atoms with Gasteiger partial charge in [0, 0.05) is 6.20 Å². The van der Waals surface area contributed by atoms with E-state index >= 15 is 0 Å². The van der Waals surface area contributed by atoms with Gasteiger partial charge in [0.05, 0.1) is 6.42 Å². The Morgan fingerprint density at radius 1 is 1.62 bits per heavy atom. The number of rotatable bonds is 2. The predicted molar refractivity (Wildman–Crippen MR) is 44.3 cm³/mol. The number of carboxylic acids is 1. The van der Waals surface area contributed by atoms with Gasteiger partial charge in [-0.1, -0.05) is 0 Å². The summed E-state index contributed by atoms with van der Waals surface area (Å²) >= 11 is 0. The summed E-state index contributed by atoms with van der Waals surface area (Å²) in [4.78, 5) is 10.4. The lowest BCUT2D eigenvalue weighted by Gasteiger charge is -1.96. The third-order valence-electron chi connectivity index (χ3n) is 1.72. The summed E-state index contributed by atoms with van der Waals surface area (Å²) < 4.78 is 1.73. The Kier molecular flexibility index (Phi) is 1.70. The summed E-state index contributed by atoms with van der Waals surface area (Å²) in [5.41, 5.74) is 1.40. The monoisotopic (exact) mass is 177 g/mol. The Balaban J connectivity index is 2.42. The lowest BCUT2D eigenvalue weighted by molar-refractivity contribution is -0.136. The molecule has 0 bridgehead atoms. The zero-order valence-electron chi connectivity index (χ0n) is 6.71. The minimum atomic E-state index is -0.844. The van der Waals surface area contributed by atoms with Crippen LogP contribution in [0, 0.1) is 0 Å². The molecule has 0 saturated carbocycles. The maximum absolute atomic E-state index is 10.4. The van der Waals surface area contributed by atoms with Crippen LogP contribution in [-0.4, -0.2) is 25.7 Å². The fourth-order valence-electron chi connectivity index (χ4n) is 1.14. The summed E-state index contributed by atoms with van der Waals surface area (Å²) in [7, 11) is 0. The van der Waals surface area contributed by atoms with Gasteiger partial charge in [0.15, 0.2) is 5.65 Å². The molecule has 0 unspecified atom stereocenters. The standard InChI is InChI=1S/C8H7N3O2/c12-8(13)4-6-1-2-11-5-9-10-7(11)3-6/h1-3,5H,4H2,(H,12,13). The number of hydrogen-bond acceptors (Lipinski definition) is 3. The third kappa shape index (κ3) is 1.48. The van der Waals surface area contributed by atoms with Crippen LogP contribution in [0.3, 0.4) is 0 Å². The molecule has 0 saturated heterocycles. The number of fused-ring (bicyclic) bond motifs is 1. The highest BCUT2D eigenvalue weighted by Crippen LogP contribution is 2.04. The fraction of sp³-hybridized carbons (Fsp3) is 0.125. The molecule has 0 atom stereocenters. The number of nitrogens with zero attached hydrogens (tertiary/aromatic N) is 3. The first-order valence-corrected chi connectivity index (χ1v) is 3.76. The smallest absolute Gasteiger partial charge is 0.307 e. The van der Waals surface area contributed by atoms with Crippen LogP contribution in [0.1, 0.15) is 5.56 Å². The van der Waals surface area contributed by atoms with Crippen molar-refractivity contribution in [1.29, 1.82) is 0 Å². The van der Waals surface area contributed by atoms with Gasteiger partial charge in [-0.25, -0.2) is 0 Å². The van der Waals surface area contributed by atoms with E-state index in [-0.39, 0.29) is 6.42 Å². The van der Waals surface area contributed by atoms with Crippen molar-refractivity contribution in [1.82, 2.24) is 14.6 Å². The van der Waals surface area contributed by atoms with E-state index in [1.54, 1.807) is 29.1 Å². The normalized spacial score (nSPS) is 10.5. The van der Waals surface area contributed by atoms with Gasteiger partial charge < -0.3 is 5.11 Å². The number of aromatic nitrogens is 3. The molecule has 0 aliphatic rings. The summed E-state index contributed by atoms with van der Waals surface area (Å²) in [5.74, 6) is -0.844. The van der Waals surface area contributed by atoms with Gasteiger partial charge >= 0.3 is 5.97 Å². The van der Waals surface area contributed by atoms with Crippen molar-refractivity contribution in [2.24, 2.45) is 0 Å². The second kappa shape index (κ2) is 2.85. The Bertz CT molecular complexity index is 449. The van der Waals surface area contributed by atoms with Gasteiger partial charge in [-0.3, -0.25) is 9.20 Å². The van der Waals surface area contributed by atoms with Gasteiger partial charge in [-0.15, -0.1) is 10.2 Å². The molecule has 2 rings (SSSR count). The third-order valence-corrected chi connectivity index (χ3v) is 1.72. The van der Waals surface area contributed by atoms with Crippen molar-refractivity contribution < 1.29 is 9.90 Å². The van der Waals surface area contributed by atoms with Crippen molar-refractivity contribution in [3.05, 3.63) is 30.2 Å². The van der Waals surface area contributed by atoms with E-state index in [0.29, 0.717) is 5.65 Å². The van der Waals surface area contributed by atoms with Crippen molar-refractivity contribution >= 4 is 11.6 Å². The molecule has 13 heavy (non-hydrogen) atoms. The Hall–Kier alpha value is -1.91. The molecular weight excluding hydrogens is 170 g/mol. The van der Waals surface area contributed by atoms with E-state index in [1.807, 2.05) is 0 Å². The zero-order valence-corrected chi connectivity index (χ0v) is 6.71. The minimum Gasteiger partial charge on any atom is -0.481 e. The van der Waals surface area contributed by atoms with Gasteiger partial charge in [-0.05, 0) is 17.7 Å². The fourth-order valence-corrected chi connectivity index (χ4v) is 1.14. The number of aliphatic carboxylic acids is 1. The van der Waals surface area contributed by atoms with Crippen LogP contribution in [-0.2, 0) is 11.2 Å². The van der Waals surface area contributed by atoms with E-state index in [2.05, 4.69) is 10.2 Å². The molecule has 0 aliphatic heterocycles. The molecule has 2 aromatic rings. The number of carbonyl (C=O) groups is 1. The van der Waals surface area contributed by atoms with E-state index in [9.17, 15) is 4.79 Å². The first kappa shape index (κ1) is 7.72. The molecule has 0 aromatic carbocycles. The summed E-state index contributed by atoms with van der Waals surface area (Å²) in [6.07, 6.45) is 3.33. The van der Waals surface area contributed by atoms with Crippen molar-refractivity contribution in [3.8, 4) is 0 Å². The highest BCUT2D eigenvalue weighted by molar-refractivity contribution is 5.70. The van der Waals surface area contributed by atoms with E-state index in [1.165, 1.54) is 0 Å². The molecule has 2 aromatic heterocycles. The maximum Gasteiger partial charge on any atom is 0.307 e. The van der Waals surface area contributed by atoms with Crippen LogP contribution in [0.2, 0.25) is 0 Å². The molecule has 0 fully saturated rings. The molecule has 0 radical (unpaired) electrons. The minimum absolute atomic E-state index is 0.0172. The predicted octanol–water partition coefficient (Wildman–Crippen LogP) is 0.356. The summed E-state index contributed by atoms with van der Waals surface area (Å²) in [5, 5.41) is 16.0. The SMILES string of the molecule is O=C(O)Cc1ccn2cnnc2c1. The zero-order chi connectivity index (χ0) is 9.26. The first-order chi connectivity index (χ1) is 6.25. The van der Waals surface area contributed by atoms with Gasteiger partial charge in [-0.2, -0.15) is 0 Å². The van der Waals surface area contributed by atoms with Crippen LogP contribution < -0.4 is 0 Å². The largest absolute Gasteiger partial charge is 0.481 e. The van der Waals surface area contributed by atoms with Crippen LogP contribution in [0.15, 0.2) is 24.7 Å². The van der Waals surface area contributed by atoms with E-state index in [4.69, 9.17) is 5.11 Å². The van der Waals surface area contributed by atoms with Gasteiger partial charge in [0.2, 0.25) is 0 Å². The number of hydrogen-bond donors (Lipinski definition) is 1. The average molecular weight is 177 g/mol. The van der Waals surface area contributed by atoms with Gasteiger partial charge in [0.25, 0.3) is 0 Å². The lowest BCUT2D eigenvalue weighted by Crippen LogP contribution is -2.00. The molecule has 1 N–H and O–H groups in total. The maximum atomic E-state index is 10.4. The molecule has 0 aliphatic carbocycles. The molecular formula is C8H7N3O2. The first-order valence-electron chi connectivity index (χ1n) is 3.76. The average Bonchev–Trinajstić information content (AvgIpc) is 2.49. The molecule has 66 valence electrons. The van der Waals surface area contributed by atoms with Crippen LogP contribution in [0.4, 0.5) is 0 Å².